The number of nitrogens with one attached hydrogen (secondary N) is 1. The van der Waals surface area contributed by atoms with E-state index >= 15 is 0 Å². The number of hydrogen-bond acceptors (Lipinski definition) is 3. The van der Waals surface area contributed by atoms with Gasteiger partial charge in [0.15, 0.2) is 0 Å². The zero-order valence-corrected chi connectivity index (χ0v) is 9.05. The average Bonchev–Trinajstić information content (AvgIpc) is 2.57. The van der Waals surface area contributed by atoms with E-state index < -0.39 is 0 Å². The van der Waals surface area contributed by atoms with Crippen LogP contribution >= 0.6 is 0 Å². The topological polar surface area (TPSA) is 24.5 Å². The highest BCUT2D eigenvalue weighted by atomic mass is 16.5. The molecule has 13 heavy (non-hydrogen) atoms. The number of nitrogens with zero attached hydrogens (tertiary/aromatic N) is 1. The van der Waals surface area contributed by atoms with Gasteiger partial charge in [0.05, 0.1) is 6.61 Å². The Kier molecular flexibility index (Phi) is 4.70. The SMILES string of the molecule is COCC(C)N(C)C[C@@H]1CCCN1. The second kappa shape index (κ2) is 5.58. The van der Waals surface area contributed by atoms with Crippen LogP contribution in [0.5, 0.6) is 0 Å². The van der Waals surface area contributed by atoms with Crippen molar-refractivity contribution in [3.8, 4) is 0 Å². The van der Waals surface area contributed by atoms with Crippen molar-refractivity contribution in [1.82, 2.24) is 10.2 Å². The minimum Gasteiger partial charge on any atom is -0.383 e. The molecule has 1 heterocycles. The molecule has 1 aliphatic heterocycles. The van der Waals surface area contributed by atoms with E-state index in [2.05, 4.69) is 24.2 Å². The van der Waals surface area contributed by atoms with Gasteiger partial charge in [-0.2, -0.15) is 0 Å². The molecule has 0 bridgehead atoms. The fourth-order valence-electron chi connectivity index (χ4n) is 1.81. The minimum atomic E-state index is 0.521. The lowest BCUT2D eigenvalue weighted by Gasteiger charge is -2.26. The highest BCUT2D eigenvalue weighted by molar-refractivity contribution is 4.78. The van der Waals surface area contributed by atoms with Crippen molar-refractivity contribution in [1.29, 1.82) is 0 Å². The van der Waals surface area contributed by atoms with Crippen molar-refractivity contribution in [2.24, 2.45) is 0 Å². The van der Waals surface area contributed by atoms with E-state index in [4.69, 9.17) is 4.74 Å². The Hall–Kier alpha value is -0.120. The van der Waals surface area contributed by atoms with Crippen molar-refractivity contribution in [2.45, 2.75) is 31.8 Å². The lowest BCUT2D eigenvalue weighted by atomic mass is 10.2. The van der Waals surface area contributed by atoms with Gasteiger partial charge in [0.25, 0.3) is 0 Å². The Morgan fingerprint density at radius 2 is 2.38 bits per heavy atom. The first-order valence-corrected chi connectivity index (χ1v) is 5.16. The summed E-state index contributed by atoms with van der Waals surface area (Å²) in [6.07, 6.45) is 2.65. The third-order valence-corrected chi connectivity index (χ3v) is 2.83. The fraction of sp³-hybridized carbons (Fsp3) is 1.00. The van der Waals surface area contributed by atoms with Gasteiger partial charge < -0.3 is 10.1 Å². The molecule has 1 fully saturated rings. The van der Waals surface area contributed by atoms with Crippen LogP contribution in [0.4, 0.5) is 0 Å². The molecule has 0 amide bonds. The Morgan fingerprint density at radius 1 is 1.62 bits per heavy atom. The van der Waals surface area contributed by atoms with E-state index in [-0.39, 0.29) is 0 Å². The maximum absolute atomic E-state index is 5.13. The van der Waals surface area contributed by atoms with Gasteiger partial charge in [-0.1, -0.05) is 0 Å². The average molecular weight is 186 g/mol. The molecule has 0 aromatic rings. The summed E-state index contributed by atoms with van der Waals surface area (Å²) in [5.41, 5.74) is 0. The van der Waals surface area contributed by atoms with E-state index in [1.165, 1.54) is 19.4 Å². The summed E-state index contributed by atoms with van der Waals surface area (Å²) in [6, 6.07) is 1.22. The monoisotopic (exact) mass is 186 g/mol. The number of methoxy groups -OCH3 is 1. The largest absolute Gasteiger partial charge is 0.383 e. The van der Waals surface area contributed by atoms with Crippen molar-refractivity contribution >= 4 is 0 Å². The van der Waals surface area contributed by atoms with Gasteiger partial charge in [-0.05, 0) is 33.4 Å². The summed E-state index contributed by atoms with van der Waals surface area (Å²) in [5, 5.41) is 3.50. The van der Waals surface area contributed by atoms with Gasteiger partial charge in [0, 0.05) is 25.7 Å². The molecule has 1 N–H and O–H groups in total. The van der Waals surface area contributed by atoms with Gasteiger partial charge in [0.1, 0.15) is 0 Å². The van der Waals surface area contributed by atoms with Gasteiger partial charge in [-0.25, -0.2) is 0 Å². The molecule has 1 unspecified atom stereocenters. The van der Waals surface area contributed by atoms with Crippen LogP contribution in [-0.4, -0.2) is 50.8 Å². The molecular formula is C10H22N2O. The van der Waals surface area contributed by atoms with Crippen molar-refractivity contribution in [3.05, 3.63) is 0 Å². The third-order valence-electron chi connectivity index (χ3n) is 2.83. The Labute approximate surface area is 81.4 Å². The van der Waals surface area contributed by atoms with Crippen LogP contribution in [0.2, 0.25) is 0 Å². The first-order chi connectivity index (χ1) is 6.24. The number of hydrogen-bond donors (Lipinski definition) is 1. The Balaban J connectivity index is 2.18. The second-order valence-corrected chi connectivity index (χ2v) is 4.04. The predicted octanol–water partition coefficient (Wildman–Crippen LogP) is 0.705. The molecule has 0 spiro atoms. The summed E-state index contributed by atoms with van der Waals surface area (Å²) in [5.74, 6) is 0. The Bertz CT molecular complexity index is 135. The fourth-order valence-corrected chi connectivity index (χ4v) is 1.81. The maximum Gasteiger partial charge on any atom is 0.0615 e. The number of rotatable bonds is 5. The van der Waals surface area contributed by atoms with Crippen LogP contribution in [0.3, 0.4) is 0 Å². The highest BCUT2D eigenvalue weighted by Gasteiger charge is 2.18. The highest BCUT2D eigenvalue weighted by Crippen LogP contribution is 2.07. The second-order valence-electron chi connectivity index (χ2n) is 4.04. The van der Waals surface area contributed by atoms with Crippen LogP contribution < -0.4 is 5.32 Å². The molecule has 78 valence electrons. The van der Waals surface area contributed by atoms with Gasteiger partial charge in [0.2, 0.25) is 0 Å². The molecule has 0 saturated carbocycles. The quantitative estimate of drug-likeness (QED) is 0.684. The van der Waals surface area contributed by atoms with Crippen LogP contribution in [0.15, 0.2) is 0 Å². The van der Waals surface area contributed by atoms with Crippen molar-refractivity contribution in [2.75, 3.05) is 33.9 Å². The molecule has 1 saturated heterocycles. The van der Waals surface area contributed by atoms with Crippen LogP contribution in [0, 0.1) is 0 Å². The summed E-state index contributed by atoms with van der Waals surface area (Å²) in [6.45, 7) is 5.36. The normalized spacial score (nSPS) is 25.4. The number of ether oxygens (including phenoxy) is 1. The first-order valence-electron chi connectivity index (χ1n) is 5.16. The standard InChI is InChI=1S/C10H22N2O/c1-9(8-13-3)12(2)7-10-5-4-6-11-10/h9-11H,4-8H2,1-3H3/t9?,10-/m0/s1. The third kappa shape index (κ3) is 3.63. The molecule has 0 radical (unpaired) electrons. The van der Waals surface area contributed by atoms with E-state index in [0.29, 0.717) is 12.1 Å². The maximum atomic E-state index is 5.13. The zero-order valence-electron chi connectivity index (χ0n) is 9.05. The molecule has 3 heteroatoms. The first kappa shape index (κ1) is 11.0. The summed E-state index contributed by atoms with van der Waals surface area (Å²) in [7, 11) is 3.93. The van der Waals surface area contributed by atoms with Crippen LogP contribution in [0.1, 0.15) is 19.8 Å². The van der Waals surface area contributed by atoms with Gasteiger partial charge in [-0.15, -0.1) is 0 Å². The van der Waals surface area contributed by atoms with E-state index in [1.807, 2.05) is 0 Å². The van der Waals surface area contributed by atoms with Crippen LogP contribution in [-0.2, 0) is 4.74 Å². The van der Waals surface area contributed by atoms with E-state index in [9.17, 15) is 0 Å². The van der Waals surface area contributed by atoms with Gasteiger partial charge in [-0.3, -0.25) is 4.90 Å². The molecule has 0 aromatic heterocycles. The predicted molar refractivity (Wildman–Crippen MR) is 55.0 cm³/mol. The Morgan fingerprint density at radius 3 is 2.92 bits per heavy atom. The van der Waals surface area contributed by atoms with Crippen LogP contribution in [0.25, 0.3) is 0 Å². The smallest absolute Gasteiger partial charge is 0.0615 e. The van der Waals surface area contributed by atoms with E-state index in [0.717, 1.165) is 13.2 Å². The molecule has 0 aromatic carbocycles. The summed E-state index contributed by atoms with van der Waals surface area (Å²) < 4.78 is 5.13. The molecule has 3 nitrogen and oxygen atoms in total. The summed E-state index contributed by atoms with van der Waals surface area (Å²) >= 11 is 0. The zero-order chi connectivity index (χ0) is 9.68. The van der Waals surface area contributed by atoms with Gasteiger partial charge >= 0.3 is 0 Å². The molecular weight excluding hydrogens is 164 g/mol. The molecule has 2 atom stereocenters. The number of likely N-dealkylation sites (N-methyl/N-ethyl adjacent to an activating group) is 1. The molecule has 1 rings (SSSR count). The van der Waals surface area contributed by atoms with Crippen molar-refractivity contribution in [3.63, 3.8) is 0 Å². The summed E-state index contributed by atoms with van der Waals surface area (Å²) in [4.78, 5) is 2.37. The minimum absolute atomic E-state index is 0.521. The lowest BCUT2D eigenvalue weighted by molar-refractivity contribution is 0.111. The molecule has 1 aliphatic rings. The molecule has 0 aliphatic carbocycles. The van der Waals surface area contributed by atoms with E-state index in [1.54, 1.807) is 7.11 Å². The lowest BCUT2D eigenvalue weighted by Crippen LogP contribution is -2.41. The van der Waals surface area contributed by atoms with Crippen molar-refractivity contribution < 1.29 is 4.74 Å².